The summed E-state index contributed by atoms with van der Waals surface area (Å²) in [6.45, 7) is 4.83. The molecule has 0 aromatic carbocycles. The van der Waals surface area contributed by atoms with E-state index in [1.165, 1.54) is 17.8 Å². The van der Waals surface area contributed by atoms with Crippen LogP contribution in [0, 0.1) is 5.92 Å². The van der Waals surface area contributed by atoms with Crippen LogP contribution in [0.5, 0.6) is 0 Å². The van der Waals surface area contributed by atoms with Crippen molar-refractivity contribution in [3.8, 4) is 0 Å². The highest BCUT2D eigenvalue weighted by molar-refractivity contribution is 8.05. The summed E-state index contributed by atoms with van der Waals surface area (Å²) in [5, 5.41) is 2.83. The van der Waals surface area contributed by atoms with Crippen molar-refractivity contribution >= 4 is 29.3 Å². The molecule has 1 aliphatic heterocycles. The van der Waals surface area contributed by atoms with E-state index in [9.17, 15) is 9.59 Å². The Morgan fingerprint density at radius 3 is 3.05 bits per heavy atom. The molecule has 1 heterocycles. The van der Waals surface area contributed by atoms with Gasteiger partial charge in [-0.2, -0.15) is 0 Å². The predicted octanol–water partition coefficient (Wildman–Crippen LogP) is 2.24. The van der Waals surface area contributed by atoms with Crippen molar-refractivity contribution in [2.75, 3.05) is 6.54 Å². The third-order valence-corrected chi connectivity index (χ3v) is 4.13. The third-order valence-electron chi connectivity index (χ3n) is 2.93. The number of fused-ring (bicyclic) bond motifs is 1. The molecule has 0 radical (unpaired) electrons. The molecule has 2 aliphatic rings. The van der Waals surface area contributed by atoms with Crippen LogP contribution in [0.4, 0.5) is 0 Å². The van der Waals surface area contributed by atoms with Crippen molar-refractivity contribution < 1.29 is 9.59 Å². The Morgan fingerprint density at radius 2 is 2.30 bits per heavy atom. The van der Waals surface area contributed by atoms with Crippen molar-refractivity contribution in [3.63, 3.8) is 0 Å². The highest BCUT2D eigenvalue weighted by atomic mass is 32.2. The minimum Gasteiger partial charge on any atom is -0.353 e. The monoisotopic (exact) mass is 290 g/mol. The molecule has 1 atom stereocenters. The molecule has 5 heteroatoms. The first kappa shape index (κ1) is 14.8. The van der Waals surface area contributed by atoms with Gasteiger partial charge < -0.3 is 5.32 Å². The van der Waals surface area contributed by atoms with Gasteiger partial charge in [-0.1, -0.05) is 32.1 Å². The van der Waals surface area contributed by atoms with Crippen molar-refractivity contribution in [2.24, 2.45) is 10.9 Å². The standard InChI is InChI=1S/C15H18N2O2S/c1-10(2)7-8-16-14(18)9-13-15(19)17-11-5-3-4-6-12(11)20-13/h3-6,9-10,12H,7-8H2,1-2H3,(H,16,18)/b13-9-. The van der Waals surface area contributed by atoms with E-state index in [-0.39, 0.29) is 17.1 Å². The van der Waals surface area contributed by atoms with Gasteiger partial charge in [0.2, 0.25) is 5.91 Å². The average Bonchev–Trinajstić information content (AvgIpc) is 2.39. The maximum atomic E-state index is 11.9. The normalized spacial score (nSPS) is 22.9. The number of hydrogen-bond donors (Lipinski definition) is 1. The van der Waals surface area contributed by atoms with E-state index < -0.39 is 0 Å². The van der Waals surface area contributed by atoms with Gasteiger partial charge in [0.05, 0.1) is 15.9 Å². The second-order valence-corrected chi connectivity index (χ2v) is 6.29. The topological polar surface area (TPSA) is 58.5 Å². The van der Waals surface area contributed by atoms with Gasteiger partial charge in [0.1, 0.15) is 0 Å². The highest BCUT2D eigenvalue weighted by Gasteiger charge is 2.26. The fourth-order valence-corrected chi connectivity index (χ4v) is 2.84. The predicted molar refractivity (Wildman–Crippen MR) is 82.6 cm³/mol. The van der Waals surface area contributed by atoms with E-state index in [0.29, 0.717) is 17.4 Å². The lowest BCUT2D eigenvalue weighted by Crippen LogP contribution is -2.26. The lowest BCUT2D eigenvalue weighted by Gasteiger charge is -2.20. The molecule has 0 saturated heterocycles. The van der Waals surface area contributed by atoms with Crippen molar-refractivity contribution in [3.05, 3.63) is 35.3 Å². The molecule has 0 aromatic rings. The van der Waals surface area contributed by atoms with Gasteiger partial charge in [-0.25, -0.2) is 4.99 Å². The zero-order valence-corrected chi connectivity index (χ0v) is 12.4. The minimum atomic E-state index is -0.333. The number of allylic oxidation sites excluding steroid dienone is 3. The Bertz CT molecular complexity index is 530. The first-order chi connectivity index (χ1) is 9.56. The maximum Gasteiger partial charge on any atom is 0.283 e. The fourth-order valence-electron chi connectivity index (χ4n) is 1.82. The molecule has 0 bridgehead atoms. The number of nitrogens with one attached hydrogen (secondary N) is 1. The Kier molecular flexibility index (Phi) is 4.95. The number of nitrogens with zero attached hydrogens (tertiary/aromatic N) is 1. The van der Waals surface area contributed by atoms with Gasteiger partial charge in [-0.05, 0) is 18.4 Å². The largest absolute Gasteiger partial charge is 0.353 e. The maximum absolute atomic E-state index is 11.9. The van der Waals surface area contributed by atoms with Gasteiger partial charge in [0.15, 0.2) is 0 Å². The molecule has 0 fully saturated rings. The zero-order valence-electron chi connectivity index (χ0n) is 11.6. The summed E-state index contributed by atoms with van der Waals surface area (Å²) in [7, 11) is 0. The van der Waals surface area contributed by atoms with E-state index in [1.54, 1.807) is 0 Å². The molecule has 20 heavy (non-hydrogen) atoms. The molecule has 106 valence electrons. The lowest BCUT2D eigenvalue weighted by molar-refractivity contribution is -0.117. The molecular formula is C15H18N2O2S. The molecule has 2 amide bonds. The van der Waals surface area contributed by atoms with E-state index in [2.05, 4.69) is 24.2 Å². The number of carbonyl (C=O) groups is 2. The van der Waals surface area contributed by atoms with E-state index in [4.69, 9.17) is 0 Å². The highest BCUT2D eigenvalue weighted by Crippen LogP contribution is 2.31. The van der Waals surface area contributed by atoms with Crippen LogP contribution in [-0.2, 0) is 9.59 Å². The van der Waals surface area contributed by atoms with Gasteiger partial charge >= 0.3 is 0 Å². The molecule has 1 N–H and O–H groups in total. The second-order valence-electron chi connectivity index (χ2n) is 5.11. The second kappa shape index (κ2) is 6.70. The quantitative estimate of drug-likeness (QED) is 0.808. The molecule has 0 aromatic heterocycles. The SMILES string of the molecule is CC(C)CCNC(=O)/C=C1\SC2C=CC=CC2=NC1=O. The molecule has 0 saturated carbocycles. The minimum absolute atomic E-state index is 0.0346. The molecule has 0 spiro atoms. The van der Waals surface area contributed by atoms with E-state index in [1.807, 2.05) is 24.3 Å². The Balaban J connectivity index is 1.98. The van der Waals surface area contributed by atoms with Gasteiger partial charge in [0, 0.05) is 12.6 Å². The molecule has 1 aliphatic carbocycles. The van der Waals surface area contributed by atoms with Crippen LogP contribution in [-0.4, -0.2) is 29.3 Å². The number of aliphatic imine (C=N–C) groups is 1. The van der Waals surface area contributed by atoms with E-state index in [0.717, 1.165) is 12.1 Å². The first-order valence-corrected chi connectivity index (χ1v) is 7.58. The van der Waals surface area contributed by atoms with Crippen LogP contribution in [0.25, 0.3) is 0 Å². The summed E-state index contributed by atoms with van der Waals surface area (Å²) in [5.41, 5.74) is 0.750. The van der Waals surface area contributed by atoms with Crippen LogP contribution in [0.1, 0.15) is 20.3 Å². The molecule has 1 unspecified atom stereocenters. The van der Waals surface area contributed by atoms with Gasteiger partial charge in [0.25, 0.3) is 5.91 Å². The Labute approximate surface area is 123 Å². The average molecular weight is 290 g/mol. The van der Waals surface area contributed by atoms with Gasteiger partial charge in [-0.15, -0.1) is 11.8 Å². The van der Waals surface area contributed by atoms with Crippen LogP contribution >= 0.6 is 11.8 Å². The molecule has 4 nitrogen and oxygen atoms in total. The number of carbonyl (C=O) groups excluding carboxylic acids is 2. The van der Waals surface area contributed by atoms with Crippen LogP contribution in [0.15, 0.2) is 40.3 Å². The van der Waals surface area contributed by atoms with E-state index >= 15 is 0 Å². The molecule has 2 rings (SSSR count). The number of hydrogen-bond acceptors (Lipinski definition) is 3. The summed E-state index contributed by atoms with van der Waals surface area (Å²) in [6, 6.07) is 0. The summed E-state index contributed by atoms with van der Waals surface area (Å²) in [4.78, 5) is 28.0. The number of thioether (sulfide) groups is 1. The smallest absolute Gasteiger partial charge is 0.283 e. The third kappa shape index (κ3) is 3.93. The number of rotatable bonds is 4. The van der Waals surface area contributed by atoms with Crippen molar-refractivity contribution in [1.29, 1.82) is 0 Å². The summed E-state index contributed by atoms with van der Waals surface area (Å²) in [6.07, 6.45) is 9.87. The van der Waals surface area contributed by atoms with Gasteiger partial charge in [-0.3, -0.25) is 9.59 Å². The number of amides is 2. The first-order valence-electron chi connectivity index (χ1n) is 6.70. The summed E-state index contributed by atoms with van der Waals surface area (Å²) in [5.74, 6) is -0.0179. The van der Waals surface area contributed by atoms with Crippen molar-refractivity contribution in [2.45, 2.75) is 25.5 Å². The Hall–Kier alpha value is -1.62. The lowest BCUT2D eigenvalue weighted by atomic mass is 10.1. The summed E-state index contributed by atoms with van der Waals surface area (Å²) < 4.78 is 0. The van der Waals surface area contributed by atoms with Crippen LogP contribution in [0.2, 0.25) is 0 Å². The van der Waals surface area contributed by atoms with Crippen LogP contribution < -0.4 is 5.32 Å². The zero-order chi connectivity index (χ0) is 14.5. The van der Waals surface area contributed by atoms with Crippen LogP contribution in [0.3, 0.4) is 0 Å². The fraction of sp³-hybridized carbons (Fsp3) is 0.400. The van der Waals surface area contributed by atoms with Crippen molar-refractivity contribution in [1.82, 2.24) is 5.32 Å². The summed E-state index contributed by atoms with van der Waals surface area (Å²) >= 11 is 1.37. The Morgan fingerprint density at radius 1 is 1.50 bits per heavy atom. The molecular weight excluding hydrogens is 272 g/mol.